The third-order valence-electron chi connectivity index (χ3n) is 4.71. The maximum Gasteiger partial charge on any atom is 0.242 e. The summed E-state index contributed by atoms with van der Waals surface area (Å²) in [6.45, 7) is 6.38. The van der Waals surface area contributed by atoms with Crippen LogP contribution in [-0.2, 0) is 9.59 Å². The smallest absolute Gasteiger partial charge is 0.242 e. The maximum atomic E-state index is 13.1. The molecule has 0 saturated heterocycles. The topological polar surface area (TPSA) is 58.6 Å². The van der Waals surface area contributed by atoms with Crippen molar-refractivity contribution in [2.24, 2.45) is 5.41 Å². The Hall–Kier alpha value is -2.82. The first-order valence-electron chi connectivity index (χ1n) is 9.41. The van der Waals surface area contributed by atoms with Crippen molar-refractivity contribution < 1.29 is 14.3 Å². The molecule has 1 aliphatic carbocycles. The molecule has 0 radical (unpaired) electrons. The average molecular weight is 366 g/mol. The van der Waals surface area contributed by atoms with Gasteiger partial charge in [0.2, 0.25) is 11.8 Å². The third kappa shape index (κ3) is 4.13. The number of rotatable bonds is 7. The van der Waals surface area contributed by atoms with E-state index in [1.54, 1.807) is 17.0 Å². The zero-order valence-electron chi connectivity index (χ0n) is 16.1. The minimum Gasteiger partial charge on any atom is -0.491 e. The van der Waals surface area contributed by atoms with E-state index in [1.165, 1.54) is 0 Å². The lowest BCUT2D eigenvalue weighted by atomic mass is 10.0. The molecule has 5 nitrogen and oxygen atoms in total. The lowest BCUT2D eigenvalue weighted by Crippen LogP contribution is -2.43. The zero-order chi connectivity index (χ0) is 19.4. The van der Waals surface area contributed by atoms with E-state index in [-0.39, 0.29) is 17.9 Å². The minimum atomic E-state index is -0.959. The Morgan fingerprint density at radius 3 is 2.22 bits per heavy atom. The fraction of sp³-hybridized carbons (Fsp3) is 0.364. The van der Waals surface area contributed by atoms with Crippen molar-refractivity contribution in [1.29, 1.82) is 0 Å². The molecule has 1 fully saturated rings. The fourth-order valence-corrected chi connectivity index (χ4v) is 3.11. The third-order valence-corrected chi connectivity index (χ3v) is 4.71. The molecule has 1 saturated carbocycles. The SMILES string of the molecule is CCN(C(=O)C1(C(=O)Nc2ccc(OC(C)C)cc2)CC1)c1ccccc1. The molecule has 0 spiro atoms. The van der Waals surface area contributed by atoms with Crippen molar-refractivity contribution in [3.8, 4) is 5.75 Å². The summed E-state index contributed by atoms with van der Waals surface area (Å²) < 4.78 is 5.61. The summed E-state index contributed by atoms with van der Waals surface area (Å²) in [4.78, 5) is 27.7. The number of para-hydroxylation sites is 1. The number of hydrogen-bond donors (Lipinski definition) is 1. The molecule has 2 aromatic carbocycles. The molecule has 0 atom stereocenters. The molecule has 0 aliphatic heterocycles. The van der Waals surface area contributed by atoms with Crippen LogP contribution in [0.15, 0.2) is 54.6 Å². The van der Waals surface area contributed by atoms with E-state index in [4.69, 9.17) is 4.74 Å². The molecule has 2 amide bonds. The first kappa shape index (κ1) is 19.0. The summed E-state index contributed by atoms with van der Waals surface area (Å²) in [5.41, 5.74) is 0.524. The van der Waals surface area contributed by atoms with Crippen LogP contribution in [0.1, 0.15) is 33.6 Å². The largest absolute Gasteiger partial charge is 0.491 e. The van der Waals surface area contributed by atoms with Crippen LogP contribution in [0.2, 0.25) is 0 Å². The van der Waals surface area contributed by atoms with Crippen molar-refractivity contribution in [3.63, 3.8) is 0 Å². The van der Waals surface area contributed by atoms with Crippen molar-refractivity contribution in [2.75, 3.05) is 16.8 Å². The van der Waals surface area contributed by atoms with Crippen LogP contribution in [0.25, 0.3) is 0 Å². The Morgan fingerprint density at radius 1 is 1.07 bits per heavy atom. The van der Waals surface area contributed by atoms with Gasteiger partial charge < -0.3 is 15.0 Å². The Morgan fingerprint density at radius 2 is 1.70 bits per heavy atom. The van der Waals surface area contributed by atoms with E-state index >= 15 is 0 Å². The molecular formula is C22H26N2O3. The van der Waals surface area contributed by atoms with E-state index < -0.39 is 5.41 Å². The molecule has 0 heterocycles. The Balaban J connectivity index is 1.71. The van der Waals surface area contributed by atoms with Gasteiger partial charge >= 0.3 is 0 Å². The molecule has 2 aromatic rings. The quantitative estimate of drug-likeness (QED) is 0.746. The maximum absolute atomic E-state index is 13.1. The van der Waals surface area contributed by atoms with Gasteiger partial charge in [0.1, 0.15) is 11.2 Å². The van der Waals surface area contributed by atoms with Gasteiger partial charge in [-0.1, -0.05) is 18.2 Å². The lowest BCUT2D eigenvalue weighted by molar-refractivity contribution is -0.132. The van der Waals surface area contributed by atoms with Gasteiger partial charge in [-0.15, -0.1) is 0 Å². The van der Waals surface area contributed by atoms with Gasteiger partial charge in [-0.2, -0.15) is 0 Å². The van der Waals surface area contributed by atoms with Crippen LogP contribution in [0.5, 0.6) is 5.75 Å². The second-order valence-electron chi connectivity index (χ2n) is 7.11. The Bertz CT molecular complexity index is 796. The first-order valence-corrected chi connectivity index (χ1v) is 9.41. The van der Waals surface area contributed by atoms with Gasteiger partial charge in [0.15, 0.2) is 0 Å². The monoisotopic (exact) mass is 366 g/mol. The Kier molecular flexibility index (Phi) is 5.49. The van der Waals surface area contributed by atoms with E-state index in [0.29, 0.717) is 25.1 Å². The van der Waals surface area contributed by atoms with Crippen molar-refractivity contribution in [1.82, 2.24) is 0 Å². The zero-order valence-corrected chi connectivity index (χ0v) is 16.1. The van der Waals surface area contributed by atoms with Gasteiger partial charge in [0, 0.05) is 17.9 Å². The molecule has 5 heteroatoms. The molecule has 142 valence electrons. The predicted molar refractivity (Wildman–Crippen MR) is 107 cm³/mol. The molecule has 3 rings (SSSR count). The summed E-state index contributed by atoms with van der Waals surface area (Å²) in [5, 5.41) is 2.89. The van der Waals surface area contributed by atoms with Gasteiger partial charge in [-0.25, -0.2) is 0 Å². The number of benzene rings is 2. The highest BCUT2D eigenvalue weighted by molar-refractivity contribution is 6.17. The van der Waals surface area contributed by atoms with Gasteiger partial charge in [0.05, 0.1) is 6.10 Å². The fourth-order valence-electron chi connectivity index (χ4n) is 3.11. The van der Waals surface area contributed by atoms with E-state index in [1.807, 2.05) is 63.2 Å². The molecule has 1 N–H and O–H groups in total. The van der Waals surface area contributed by atoms with Gasteiger partial charge in [-0.3, -0.25) is 9.59 Å². The molecule has 27 heavy (non-hydrogen) atoms. The van der Waals surface area contributed by atoms with E-state index in [0.717, 1.165) is 11.4 Å². The lowest BCUT2D eigenvalue weighted by Gasteiger charge is -2.26. The second kappa shape index (κ2) is 7.82. The highest BCUT2D eigenvalue weighted by Gasteiger charge is 2.58. The van der Waals surface area contributed by atoms with Crippen LogP contribution in [0, 0.1) is 5.41 Å². The average Bonchev–Trinajstić information content (AvgIpc) is 3.46. The summed E-state index contributed by atoms with van der Waals surface area (Å²) in [6, 6.07) is 16.7. The van der Waals surface area contributed by atoms with Crippen molar-refractivity contribution in [2.45, 2.75) is 39.7 Å². The molecule has 0 unspecified atom stereocenters. The summed E-state index contributed by atoms with van der Waals surface area (Å²) >= 11 is 0. The van der Waals surface area contributed by atoms with Crippen LogP contribution in [0.3, 0.4) is 0 Å². The number of nitrogens with zero attached hydrogens (tertiary/aromatic N) is 1. The highest BCUT2D eigenvalue weighted by Crippen LogP contribution is 2.48. The first-order chi connectivity index (χ1) is 13.0. The van der Waals surface area contributed by atoms with Crippen LogP contribution in [0.4, 0.5) is 11.4 Å². The van der Waals surface area contributed by atoms with Gasteiger partial charge in [0.25, 0.3) is 0 Å². The molecular weight excluding hydrogens is 340 g/mol. The number of ether oxygens (including phenoxy) is 1. The molecule has 0 bridgehead atoms. The summed E-state index contributed by atoms with van der Waals surface area (Å²) in [5.74, 6) is 0.384. The standard InChI is InChI=1S/C22H26N2O3/c1-4-24(18-8-6-5-7-9-18)21(26)22(14-15-22)20(25)23-17-10-12-19(13-11-17)27-16(2)3/h5-13,16H,4,14-15H2,1-3H3,(H,23,25). The van der Waals surface area contributed by atoms with Crippen molar-refractivity contribution in [3.05, 3.63) is 54.6 Å². The molecule has 1 aliphatic rings. The Labute approximate surface area is 160 Å². The number of amides is 2. The van der Waals surface area contributed by atoms with Crippen LogP contribution in [-0.4, -0.2) is 24.5 Å². The van der Waals surface area contributed by atoms with Crippen molar-refractivity contribution >= 4 is 23.2 Å². The summed E-state index contributed by atoms with van der Waals surface area (Å²) in [6.07, 6.45) is 1.25. The number of anilines is 2. The van der Waals surface area contributed by atoms with E-state index in [9.17, 15) is 9.59 Å². The number of nitrogens with one attached hydrogen (secondary N) is 1. The van der Waals surface area contributed by atoms with Gasteiger partial charge in [-0.05, 0) is 70.0 Å². The second-order valence-corrected chi connectivity index (χ2v) is 7.11. The number of carbonyl (C=O) groups excluding carboxylic acids is 2. The van der Waals surface area contributed by atoms with Crippen LogP contribution < -0.4 is 15.0 Å². The van der Waals surface area contributed by atoms with E-state index in [2.05, 4.69) is 5.32 Å². The molecule has 0 aromatic heterocycles. The number of carbonyl (C=O) groups is 2. The number of hydrogen-bond acceptors (Lipinski definition) is 3. The summed E-state index contributed by atoms with van der Waals surface area (Å²) in [7, 11) is 0. The minimum absolute atomic E-state index is 0.0933. The normalized spacial score (nSPS) is 14.5. The van der Waals surface area contributed by atoms with Crippen LogP contribution >= 0.6 is 0 Å². The highest BCUT2D eigenvalue weighted by atomic mass is 16.5. The predicted octanol–water partition coefficient (Wildman–Crippen LogP) is 4.25.